The third kappa shape index (κ3) is 1.75. The Morgan fingerprint density at radius 2 is 2.64 bits per heavy atom. The highest BCUT2D eigenvalue weighted by molar-refractivity contribution is 9.10. The summed E-state index contributed by atoms with van der Waals surface area (Å²) in [6.07, 6.45) is 6.68. The van der Waals surface area contributed by atoms with Crippen molar-refractivity contribution >= 4 is 15.9 Å². The van der Waals surface area contributed by atoms with Gasteiger partial charge in [0, 0.05) is 7.05 Å². The van der Waals surface area contributed by atoms with Crippen molar-refractivity contribution < 1.29 is 4.74 Å². The van der Waals surface area contributed by atoms with E-state index in [1.54, 1.807) is 17.9 Å². The number of hydrogen-bond donors (Lipinski definition) is 0. The van der Waals surface area contributed by atoms with Gasteiger partial charge in [0.1, 0.15) is 0 Å². The number of hydrogen-bond acceptors (Lipinski definition) is 2. The Kier molecular flexibility index (Phi) is 2.55. The van der Waals surface area contributed by atoms with Crippen LogP contribution in [0.5, 0.6) is 5.88 Å². The molecule has 1 aromatic heterocycles. The molecule has 0 saturated heterocycles. The maximum atomic E-state index is 5.17. The molecule has 11 heavy (non-hydrogen) atoms. The van der Waals surface area contributed by atoms with Crippen LogP contribution in [0.25, 0.3) is 0 Å². The summed E-state index contributed by atoms with van der Waals surface area (Å²) in [7, 11) is 1.79. The molecule has 0 aliphatic heterocycles. The van der Waals surface area contributed by atoms with Gasteiger partial charge in [0.25, 0.3) is 0 Å². The predicted octanol–water partition coefficient (Wildman–Crippen LogP) is 1.19. The Hall–Kier alpha value is -0.950. The van der Waals surface area contributed by atoms with Crippen molar-refractivity contribution in [3.05, 3.63) is 10.7 Å². The van der Waals surface area contributed by atoms with Crippen LogP contribution in [0.15, 0.2) is 10.7 Å². The lowest BCUT2D eigenvalue weighted by Gasteiger charge is -2.01. The summed E-state index contributed by atoms with van der Waals surface area (Å²) in [5, 5.41) is 3.95. The van der Waals surface area contributed by atoms with Crippen molar-refractivity contribution in [2.75, 3.05) is 6.61 Å². The minimum Gasteiger partial charge on any atom is -0.464 e. The summed E-state index contributed by atoms with van der Waals surface area (Å²) >= 11 is 3.27. The van der Waals surface area contributed by atoms with Crippen molar-refractivity contribution in [1.29, 1.82) is 0 Å². The molecular formula is C7H7BrN2O. The third-order valence-electron chi connectivity index (χ3n) is 1.13. The monoisotopic (exact) mass is 214 g/mol. The number of nitrogens with zero attached hydrogens (tertiary/aromatic N) is 2. The fourth-order valence-electron chi connectivity index (χ4n) is 0.672. The predicted molar refractivity (Wildman–Crippen MR) is 45.2 cm³/mol. The molecule has 58 valence electrons. The SMILES string of the molecule is C#CCOc1c(Br)cnn1C. The average molecular weight is 215 g/mol. The number of aryl methyl sites for hydroxylation is 1. The molecule has 1 rings (SSSR count). The minimum atomic E-state index is 0.262. The van der Waals surface area contributed by atoms with Crippen LogP contribution in [-0.2, 0) is 7.05 Å². The second kappa shape index (κ2) is 3.44. The zero-order valence-corrected chi connectivity index (χ0v) is 7.63. The Morgan fingerprint density at radius 3 is 3.09 bits per heavy atom. The first-order valence-electron chi connectivity index (χ1n) is 2.99. The molecule has 0 amide bonds. The molecule has 0 atom stereocenters. The summed E-state index contributed by atoms with van der Waals surface area (Å²) < 4.78 is 7.60. The van der Waals surface area contributed by atoms with E-state index in [0.29, 0.717) is 5.88 Å². The third-order valence-corrected chi connectivity index (χ3v) is 1.68. The zero-order chi connectivity index (χ0) is 8.27. The van der Waals surface area contributed by atoms with Gasteiger partial charge in [-0.2, -0.15) is 5.10 Å². The molecule has 0 radical (unpaired) electrons. The molecule has 0 unspecified atom stereocenters. The molecule has 0 spiro atoms. The second-order valence-corrected chi connectivity index (χ2v) is 2.77. The van der Waals surface area contributed by atoms with Crippen molar-refractivity contribution in [2.45, 2.75) is 0 Å². The number of ether oxygens (including phenoxy) is 1. The highest BCUT2D eigenvalue weighted by Gasteiger charge is 2.04. The van der Waals surface area contributed by atoms with Crippen LogP contribution in [0.3, 0.4) is 0 Å². The quantitative estimate of drug-likeness (QED) is 0.693. The summed E-state index contributed by atoms with van der Waals surface area (Å²) in [4.78, 5) is 0. The van der Waals surface area contributed by atoms with Crippen LogP contribution in [-0.4, -0.2) is 16.4 Å². The van der Waals surface area contributed by atoms with Crippen LogP contribution in [0, 0.1) is 12.3 Å². The maximum absolute atomic E-state index is 5.17. The lowest BCUT2D eigenvalue weighted by molar-refractivity contribution is 0.333. The molecule has 0 aliphatic carbocycles. The van der Waals surface area contributed by atoms with E-state index in [9.17, 15) is 0 Å². The molecule has 4 heteroatoms. The highest BCUT2D eigenvalue weighted by atomic mass is 79.9. The van der Waals surface area contributed by atoms with Gasteiger partial charge in [-0.1, -0.05) is 5.92 Å². The van der Waals surface area contributed by atoms with Crippen LogP contribution < -0.4 is 4.74 Å². The van der Waals surface area contributed by atoms with Gasteiger partial charge in [-0.3, -0.25) is 0 Å². The second-order valence-electron chi connectivity index (χ2n) is 1.91. The van der Waals surface area contributed by atoms with Gasteiger partial charge in [0.15, 0.2) is 6.61 Å². The van der Waals surface area contributed by atoms with E-state index in [4.69, 9.17) is 11.2 Å². The fraction of sp³-hybridized carbons (Fsp3) is 0.286. The Bertz CT molecular complexity index is 268. The molecule has 0 saturated carbocycles. The van der Waals surface area contributed by atoms with Gasteiger partial charge < -0.3 is 4.74 Å². The van der Waals surface area contributed by atoms with Gasteiger partial charge in [-0.25, -0.2) is 4.68 Å². The lowest BCUT2D eigenvalue weighted by Crippen LogP contribution is -2.00. The van der Waals surface area contributed by atoms with E-state index >= 15 is 0 Å². The minimum absolute atomic E-state index is 0.262. The lowest BCUT2D eigenvalue weighted by atomic mass is 10.6. The Balaban J connectivity index is 2.77. The molecule has 1 heterocycles. The smallest absolute Gasteiger partial charge is 0.227 e. The molecule has 0 aliphatic rings. The molecule has 0 N–H and O–H groups in total. The van der Waals surface area contributed by atoms with E-state index < -0.39 is 0 Å². The van der Waals surface area contributed by atoms with Gasteiger partial charge in [0.2, 0.25) is 5.88 Å². The first-order valence-corrected chi connectivity index (χ1v) is 3.78. The standard InChI is InChI=1S/C7H7BrN2O/c1-3-4-11-7-6(8)5-9-10(7)2/h1,5H,4H2,2H3. The van der Waals surface area contributed by atoms with Gasteiger partial charge in [-0.05, 0) is 15.9 Å². The first kappa shape index (κ1) is 8.15. The summed E-state index contributed by atoms with van der Waals surface area (Å²) in [5.74, 6) is 3.03. The van der Waals surface area contributed by atoms with Gasteiger partial charge >= 0.3 is 0 Å². The van der Waals surface area contributed by atoms with Crippen molar-refractivity contribution in [2.24, 2.45) is 7.05 Å². The van der Waals surface area contributed by atoms with Gasteiger partial charge in [-0.15, -0.1) is 6.42 Å². The van der Waals surface area contributed by atoms with Crippen LogP contribution in [0.1, 0.15) is 0 Å². The Labute approximate surface area is 73.5 Å². The van der Waals surface area contributed by atoms with Crippen LogP contribution >= 0.6 is 15.9 Å². The van der Waals surface area contributed by atoms with E-state index in [-0.39, 0.29) is 6.61 Å². The van der Waals surface area contributed by atoms with Crippen molar-refractivity contribution in [3.63, 3.8) is 0 Å². The molecule has 0 fully saturated rings. The van der Waals surface area contributed by atoms with E-state index in [2.05, 4.69) is 26.9 Å². The molecule has 1 aromatic rings. The zero-order valence-electron chi connectivity index (χ0n) is 6.04. The molecule has 3 nitrogen and oxygen atoms in total. The van der Waals surface area contributed by atoms with E-state index in [1.165, 1.54) is 0 Å². The molecular weight excluding hydrogens is 208 g/mol. The molecule has 0 bridgehead atoms. The normalized spacial score (nSPS) is 9.18. The summed E-state index contributed by atoms with van der Waals surface area (Å²) in [6, 6.07) is 0. The number of aromatic nitrogens is 2. The number of rotatable bonds is 2. The van der Waals surface area contributed by atoms with Crippen molar-refractivity contribution in [1.82, 2.24) is 9.78 Å². The first-order chi connectivity index (χ1) is 5.25. The topological polar surface area (TPSA) is 27.1 Å². The van der Waals surface area contributed by atoms with Crippen LogP contribution in [0.2, 0.25) is 0 Å². The molecule has 0 aromatic carbocycles. The number of terminal acetylenes is 1. The van der Waals surface area contributed by atoms with E-state index in [1.807, 2.05) is 0 Å². The van der Waals surface area contributed by atoms with Gasteiger partial charge in [0.05, 0.1) is 10.7 Å². The average Bonchev–Trinajstić information content (AvgIpc) is 2.29. The number of halogens is 1. The Morgan fingerprint density at radius 1 is 1.91 bits per heavy atom. The maximum Gasteiger partial charge on any atom is 0.227 e. The highest BCUT2D eigenvalue weighted by Crippen LogP contribution is 2.22. The largest absolute Gasteiger partial charge is 0.464 e. The summed E-state index contributed by atoms with van der Waals surface area (Å²) in [6.45, 7) is 0.262. The fourth-order valence-corrected chi connectivity index (χ4v) is 1.13. The van der Waals surface area contributed by atoms with Crippen molar-refractivity contribution in [3.8, 4) is 18.2 Å². The van der Waals surface area contributed by atoms with Crippen LogP contribution in [0.4, 0.5) is 0 Å². The van der Waals surface area contributed by atoms with E-state index in [0.717, 1.165) is 4.47 Å². The summed E-state index contributed by atoms with van der Waals surface area (Å²) in [5.41, 5.74) is 0.